The molecule has 3 fully saturated rings. The van der Waals surface area contributed by atoms with Gasteiger partial charge in [-0.2, -0.15) is 0 Å². The summed E-state index contributed by atoms with van der Waals surface area (Å²) >= 11 is 3.55. The summed E-state index contributed by atoms with van der Waals surface area (Å²) in [6, 6.07) is 4.00. The van der Waals surface area contributed by atoms with Gasteiger partial charge in [-0.25, -0.2) is 0 Å². The molecule has 3 aliphatic rings. The van der Waals surface area contributed by atoms with Crippen LogP contribution in [0.15, 0.2) is 22.3 Å². The zero-order valence-electron chi connectivity index (χ0n) is 13.1. The Hall–Kier alpha value is -1.04. The van der Waals surface area contributed by atoms with E-state index in [0.717, 1.165) is 47.4 Å². The molecule has 0 radical (unpaired) electrons. The first kappa shape index (κ1) is 15.8. The third kappa shape index (κ3) is 2.90. The van der Waals surface area contributed by atoms with Crippen LogP contribution in [-0.2, 0) is 0 Å². The maximum atomic E-state index is 10.5. The summed E-state index contributed by atoms with van der Waals surface area (Å²) in [4.78, 5) is 1.42. The lowest BCUT2D eigenvalue weighted by molar-refractivity contribution is -0.880. The summed E-state index contributed by atoms with van der Waals surface area (Å²) in [5.41, 5.74) is 2.15. The molecule has 3 aliphatic heterocycles. The third-order valence-corrected chi connectivity index (χ3v) is 5.25. The number of rotatable bonds is 4. The molecule has 0 spiro atoms. The second kappa shape index (κ2) is 6.60. The SMILES string of the molecule is CCOc1cc(/C=C2\[C@H](O)C3CC[NH+]2CC3)cc(Br)c1OC. The molecule has 0 amide bonds. The lowest BCUT2D eigenvalue weighted by Gasteiger charge is -2.41. The zero-order valence-corrected chi connectivity index (χ0v) is 14.6. The van der Waals surface area contributed by atoms with E-state index < -0.39 is 0 Å². The van der Waals surface area contributed by atoms with Crippen LogP contribution in [0.25, 0.3) is 6.08 Å². The van der Waals surface area contributed by atoms with E-state index in [0.29, 0.717) is 18.3 Å². The van der Waals surface area contributed by atoms with Crippen LogP contribution in [0.5, 0.6) is 11.5 Å². The van der Waals surface area contributed by atoms with Gasteiger partial charge in [-0.15, -0.1) is 0 Å². The molecule has 2 N–H and O–H groups in total. The summed E-state index contributed by atoms with van der Waals surface area (Å²) in [6.45, 7) is 4.80. The van der Waals surface area contributed by atoms with Gasteiger partial charge in [-0.1, -0.05) is 0 Å². The van der Waals surface area contributed by atoms with Gasteiger partial charge in [0.25, 0.3) is 0 Å². The number of nitrogens with one attached hydrogen (secondary N) is 1. The molecule has 120 valence electrons. The minimum absolute atomic E-state index is 0.311. The van der Waals surface area contributed by atoms with Crippen LogP contribution < -0.4 is 14.4 Å². The first-order valence-corrected chi connectivity index (χ1v) is 8.68. The second-order valence-corrected chi connectivity index (χ2v) is 6.81. The number of benzene rings is 1. The van der Waals surface area contributed by atoms with Crippen molar-refractivity contribution in [2.45, 2.75) is 25.9 Å². The summed E-state index contributed by atoms with van der Waals surface area (Å²) in [5.74, 6) is 1.87. The topological polar surface area (TPSA) is 43.1 Å². The van der Waals surface area contributed by atoms with E-state index in [1.165, 1.54) is 4.90 Å². The second-order valence-electron chi connectivity index (χ2n) is 5.95. The van der Waals surface area contributed by atoms with Gasteiger partial charge in [-0.3, -0.25) is 0 Å². The van der Waals surface area contributed by atoms with Crippen LogP contribution >= 0.6 is 15.9 Å². The maximum absolute atomic E-state index is 10.5. The number of quaternary nitrogens is 1. The lowest BCUT2D eigenvalue weighted by atomic mass is 9.83. The van der Waals surface area contributed by atoms with E-state index >= 15 is 0 Å². The maximum Gasteiger partial charge on any atom is 0.174 e. The molecular formula is C17H23BrNO3+. The minimum Gasteiger partial charge on any atom is -0.492 e. The molecule has 0 aromatic heterocycles. The monoisotopic (exact) mass is 368 g/mol. The average molecular weight is 369 g/mol. The number of methoxy groups -OCH3 is 1. The van der Waals surface area contributed by atoms with Gasteiger partial charge in [0.2, 0.25) is 0 Å². The summed E-state index contributed by atoms with van der Waals surface area (Å²) in [7, 11) is 1.64. The van der Waals surface area contributed by atoms with E-state index in [1.54, 1.807) is 7.11 Å². The number of piperidine rings is 3. The van der Waals surface area contributed by atoms with Gasteiger partial charge in [-0.05, 0) is 40.5 Å². The van der Waals surface area contributed by atoms with E-state index in [2.05, 4.69) is 22.0 Å². The molecule has 3 saturated heterocycles. The van der Waals surface area contributed by atoms with Crippen molar-refractivity contribution in [2.75, 3.05) is 26.8 Å². The number of ether oxygens (including phenoxy) is 2. The van der Waals surface area contributed by atoms with Gasteiger partial charge in [0.15, 0.2) is 11.5 Å². The molecule has 3 heterocycles. The molecular weight excluding hydrogens is 346 g/mol. The number of fused-ring (bicyclic) bond motifs is 3. The molecule has 1 atom stereocenters. The van der Waals surface area contributed by atoms with Crippen molar-refractivity contribution in [1.29, 1.82) is 0 Å². The predicted octanol–water partition coefficient (Wildman–Crippen LogP) is 1.87. The summed E-state index contributed by atoms with van der Waals surface area (Å²) in [6.07, 6.45) is 4.06. The Bertz CT molecular complexity index is 576. The Balaban J connectivity index is 1.96. The molecule has 0 saturated carbocycles. The minimum atomic E-state index is -0.311. The Morgan fingerprint density at radius 2 is 2.09 bits per heavy atom. The fourth-order valence-corrected chi connectivity index (χ4v) is 4.18. The third-order valence-electron chi connectivity index (χ3n) is 4.67. The van der Waals surface area contributed by atoms with Crippen LogP contribution in [0.4, 0.5) is 0 Å². The van der Waals surface area contributed by atoms with Gasteiger partial charge >= 0.3 is 0 Å². The predicted molar refractivity (Wildman–Crippen MR) is 89.3 cm³/mol. The summed E-state index contributed by atoms with van der Waals surface area (Å²) < 4.78 is 11.9. The van der Waals surface area contributed by atoms with E-state index in [9.17, 15) is 5.11 Å². The van der Waals surface area contributed by atoms with Crippen molar-refractivity contribution in [3.8, 4) is 11.5 Å². The highest BCUT2D eigenvalue weighted by atomic mass is 79.9. The van der Waals surface area contributed by atoms with Crippen molar-refractivity contribution in [2.24, 2.45) is 5.92 Å². The van der Waals surface area contributed by atoms with Gasteiger partial charge in [0.1, 0.15) is 11.8 Å². The fourth-order valence-electron chi connectivity index (χ4n) is 3.56. The van der Waals surface area contributed by atoms with Crippen molar-refractivity contribution in [3.63, 3.8) is 0 Å². The first-order chi connectivity index (χ1) is 10.6. The Kier molecular flexibility index (Phi) is 4.76. The molecule has 22 heavy (non-hydrogen) atoms. The average Bonchev–Trinajstić information content (AvgIpc) is 2.51. The Morgan fingerprint density at radius 3 is 2.68 bits per heavy atom. The van der Waals surface area contributed by atoms with Crippen LogP contribution in [0.3, 0.4) is 0 Å². The van der Waals surface area contributed by atoms with Crippen molar-refractivity contribution in [1.82, 2.24) is 0 Å². The first-order valence-electron chi connectivity index (χ1n) is 7.89. The lowest BCUT2D eigenvalue weighted by Crippen LogP contribution is -3.14. The summed E-state index contributed by atoms with van der Waals surface area (Å²) in [5, 5.41) is 10.5. The number of hydrogen-bond acceptors (Lipinski definition) is 3. The fraction of sp³-hybridized carbons (Fsp3) is 0.529. The molecule has 4 nitrogen and oxygen atoms in total. The van der Waals surface area contributed by atoms with E-state index in [4.69, 9.17) is 9.47 Å². The number of halogens is 1. The van der Waals surface area contributed by atoms with Gasteiger partial charge in [0.05, 0.1) is 31.3 Å². The molecule has 0 unspecified atom stereocenters. The van der Waals surface area contributed by atoms with Gasteiger partial charge < -0.3 is 19.5 Å². The highest BCUT2D eigenvalue weighted by molar-refractivity contribution is 9.10. The standard InChI is InChI=1S/C17H22BrNO3/c1-3-22-15-10-11(8-13(18)17(15)21-2)9-14-16(20)12-4-6-19(14)7-5-12/h8-10,12,16,20H,3-7H2,1-2H3/p+1/b14-9+/t16-/m1/s1. The zero-order chi connectivity index (χ0) is 15.7. The van der Waals surface area contributed by atoms with Crippen LogP contribution in [-0.4, -0.2) is 38.0 Å². The molecule has 1 aromatic carbocycles. The van der Waals surface area contributed by atoms with Crippen LogP contribution in [0.1, 0.15) is 25.3 Å². The Morgan fingerprint density at radius 1 is 1.36 bits per heavy atom. The number of aliphatic hydroxyl groups is 1. The molecule has 4 rings (SSSR count). The highest BCUT2D eigenvalue weighted by Gasteiger charge is 2.41. The normalized spacial score (nSPS) is 28.9. The van der Waals surface area contributed by atoms with Gasteiger partial charge in [0, 0.05) is 24.8 Å². The van der Waals surface area contributed by atoms with Crippen molar-refractivity contribution >= 4 is 22.0 Å². The quantitative estimate of drug-likeness (QED) is 0.852. The number of aliphatic hydroxyl groups excluding tert-OH is 1. The van der Waals surface area contributed by atoms with E-state index in [1.807, 2.05) is 19.1 Å². The Labute approximate surface area is 139 Å². The largest absolute Gasteiger partial charge is 0.492 e. The van der Waals surface area contributed by atoms with Crippen molar-refractivity contribution < 1.29 is 19.5 Å². The smallest absolute Gasteiger partial charge is 0.174 e. The van der Waals surface area contributed by atoms with Crippen LogP contribution in [0, 0.1) is 5.92 Å². The molecule has 0 aliphatic carbocycles. The highest BCUT2D eigenvalue weighted by Crippen LogP contribution is 2.37. The number of hydrogen-bond donors (Lipinski definition) is 2. The molecule has 1 aromatic rings. The molecule has 2 bridgehead atoms. The van der Waals surface area contributed by atoms with E-state index in [-0.39, 0.29) is 6.10 Å². The van der Waals surface area contributed by atoms with Crippen LogP contribution in [0.2, 0.25) is 0 Å². The van der Waals surface area contributed by atoms with Crippen molar-refractivity contribution in [3.05, 3.63) is 27.9 Å². The molecule has 5 heteroatoms.